The van der Waals surface area contributed by atoms with E-state index in [-0.39, 0.29) is 5.56 Å². The Bertz CT molecular complexity index is 359. The zero-order valence-corrected chi connectivity index (χ0v) is 10.00. The molecule has 1 N–H and O–H groups in total. The van der Waals surface area contributed by atoms with Crippen LogP contribution in [-0.2, 0) is 6.11 Å². The van der Waals surface area contributed by atoms with E-state index in [0.717, 1.165) is 24.3 Å². The predicted octanol–water partition coefficient (Wildman–Crippen LogP) is 4.02. The van der Waals surface area contributed by atoms with E-state index in [1.165, 1.54) is 25.0 Å². The van der Waals surface area contributed by atoms with Gasteiger partial charge in [0.15, 0.2) is 0 Å². The zero-order valence-electron chi connectivity index (χ0n) is 10.00. The topological polar surface area (TPSA) is 20.2 Å². The minimum absolute atomic E-state index is 0.328. The molecule has 0 bridgehead atoms. The lowest BCUT2D eigenvalue weighted by Crippen LogP contribution is -2.13. The molecule has 0 amide bonds. The number of hydrogen-bond acceptors (Lipinski definition) is 1. The molecule has 0 radical (unpaired) electrons. The lowest BCUT2D eigenvalue weighted by molar-refractivity contribution is -0.208. The fraction of sp³-hybridized carbons (Fsp3) is 0.571. The van der Waals surface area contributed by atoms with Crippen molar-refractivity contribution in [2.45, 2.75) is 44.6 Å². The van der Waals surface area contributed by atoms with Crippen LogP contribution < -0.4 is 0 Å². The van der Waals surface area contributed by atoms with Gasteiger partial charge in [0, 0.05) is 0 Å². The summed E-state index contributed by atoms with van der Waals surface area (Å²) in [5, 5.41) is 8.59. The fourth-order valence-electron chi connectivity index (χ4n) is 2.55. The number of alkyl halides is 2. The summed E-state index contributed by atoms with van der Waals surface area (Å²) in [5.41, 5.74) is 0.787. The third kappa shape index (κ3) is 3.03. The molecule has 0 aromatic heterocycles. The Morgan fingerprint density at radius 3 is 2.06 bits per heavy atom. The molecule has 0 saturated heterocycles. The van der Waals surface area contributed by atoms with Crippen LogP contribution in [0.25, 0.3) is 0 Å². The van der Waals surface area contributed by atoms with Gasteiger partial charge in [-0.3, -0.25) is 0 Å². The van der Waals surface area contributed by atoms with Crippen LogP contribution in [0.15, 0.2) is 24.3 Å². The van der Waals surface area contributed by atoms with Gasteiger partial charge < -0.3 is 5.11 Å². The molecule has 1 aliphatic rings. The van der Waals surface area contributed by atoms with Gasteiger partial charge in [0.05, 0.1) is 5.56 Å². The molecular formula is C14H18F2O. The van der Waals surface area contributed by atoms with Crippen molar-refractivity contribution < 1.29 is 13.9 Å². The number of hydrogen-bond donors (Lipinski definition) is 1. The number of halogens is 2. The van der Waals surface area contributed by atoms with Crippen molar-refractivity contribution in [2.75, 3.05) is 0 Å². The van der Waals surface area contributed by atoms with Crippen molar-refractivity contribution in [3.63, 3.8) is 0 Å². The molecule has 3 heteroatoms. The Morgan fingerprint density at radius 2 is 1.59 bits per heavy atom. The smallest absolute Gasteiger partial charge is 0.332 e. The van der Waals surface area contributed by atoms with E-state index in [0.29, 0.717) is 5.92 Å². The summed E-state index contributed by atoms with van der Waals surface area (Å²) in [6.45, 7) is 2.26. The molecule has 17 heavy (non-hydrogen) atoms. The minimum atomic E-state index is -3.72. The lowest BCUT2D eigenvalue weighted by atomic mass is 9.79. The van der Waals surface area contributed by atoms with Gasteiger partial charge in [-0.25, -0.2) is 0 Å². The summed E-state index contributed by atoms with van der Waals surface area (Å²) in [7, 11) is 0. The van der Waals surface area contributed by atoms with Gasteiger partial charge in [-0.2, -0.15) is 8.78 Å². The standard InChI is InChI=1S/C14H18F2O/c1-10-2-4-11(5-3-10)12-6-8-13(9-7-12)14(15,16)17/h6-11,17H,2-5H2,1H3. The van der Waals surface area contributed by atoms with Crippen molar-refractivity contribution >= 4 is 0 Å². The third-order valence-corrected chi connectivity index (χ3v) is 3.75. The summed E-state index contributed by atoms with van der Waals surface area (Å²) in [5.74, 6) is 1.28. The summed E-state index contributed by atoms with van der Waals surface area (Å²) < 4.78 is 25.3. The van der Waals surface area contributed by atoms with Crippen LogP contribution in [0.1, 0.15) is 49.7 Å². The van der Waals surface area contributed by atoms with Crippen molar-refractivity contribution in [2.24, 2.45) is 5.92 Å². The number of benzene rings is 1. The largest absolute Gasteiger partial charge is 0.380 e. The Balaban J connectivity index is 2.08. The van der Waals surface area contributed by atoms with Crippen molar-refractivity contribution in [3.8, 4) is 0 Å². The number of rotatable bonds is 2. The molecule has 1 aromatic rings. The maximum absolute atomic E-state index is 12.6. The van der Waals surface area contributed by atoms with Crippen LogP contribution in [0.5, 0.6) is 0 Å². The fourth-order valence-corrected chi connectivity index (χ4v) is 2.55. The van der Waals surface area contributed by atoms with E-state index in [4.69, 9.17) is 5.11 Å². The molecule has 0 aliphatic heterocycles. The molecular weight excluding hydrogens is 222 g/mol. The van der Waals surface area contributed by atoms with E-state index in [1.807, 2.05) is 0 Å². The molecule has 94 valence electrons. The van der Waals surface area contributed by atoms with Crippen molar-refractivity contribution in [1.82, 2.24) is 0 Å². The summed E-state index contributed by atoms with van der Waals surface area (Å²) in [4.78, 5) is 0. The first-order chi connectivity index (χ1) is 7.97. The third-order valence-electron chi connectivity index (χ3n) is 3.75. The highest BCUT2D eigenvalue weighted by atomic mass is 19.3. The molecule has 1 aliphatic carbocycles. The minimum Gasteiger partial charge on any atom is -0.332 e. The Morgan fingerprint density at radius 1 is 1.06 bits per heavy atom. The quantitative estimate of drug-likeness (QED) is 0.827. The van der Waals surface area contributed by atoms with Gasteiger partial charge in [-0.15, -0.1) is 0 Å². The van der Waals surface area contributed by atoms with Gasteiger partial charge in [0.1, 0.15) is 0 Å². The second-order valence-corrected chi connectivity index (χ2v) is 5.12. The molecule has 1 nitrogen and oxygen atoms in total. The first-order valence-electron chi connectivity index (χ1n) is 6.17. The number of aliphatic hydroxyl groups is 1. The van der Waals surface area contributed by atoms with E-state index in [1.54, 1.807) is 12.1 Å². The van der Waals surface area contributed by atoms with Gasteiger partial charge >= 0.3 is 6.11 Å². The maximum Gasteiger partial charge on any atom is 0.380 e. The first-order valence-corrected chi connectivity index (χ1v) is 6.17. The van der Waals surface area contributed by atoms with Crippen LogP contribution in [0.2, 0.25) is 0 Å². The zero-order chi connectivity index (χ0) is 12.5. The maximum atomic E-state index is 12.6. The summed E-state index contributed by atoms with van der Waals surface area (Å²) >= 11 is 0. The molecule has 1 saturated carbocycles. The first kappa shape index (κ1) is 12.5. The Labute approximate surface area is 100 Å². The highest BCUT2D eigenvalue weighted by molar-refractivity contribution is 5.27. The normalized spacial score (nSPS) is 25.9. The lowest BCUT2D eigenvalue weighted by Gasteiger charge is -2.26. The highest BCUT2D eigenvalue weighted by Crippen LogP contribution is 2.36. The van der Waals surface area contributed by atoms with E-state index < -0.39 is 6.11 Å². The molecule has 0 atom stereocenters. The molecule has 1 fully saturated rings. The van der Waals surface area contributed by atoms with Crippen LogP contribution >= 0.6 is 0 Å². The van der Waals surface area contributed by atoms with Crippen LogP contribution in [-0.4, -0.2) is 5.11 Å². The van der Waals surface area contributed by atoms with Crippen LogP contribution in [0.3, 0.4) is 0 Å². The van der Waals surface area contributed by atoms with E-state index in [9.17, 15) is 8.78 Å². The summed E-state index contributed by atoms with van der Waals surface area (Å²) in [6, 6.07) is 6.10. The monoisotopic (exact) mass is 240 g/mol. The second-order valence-electron chi connectivity index (χ2n) is 5.12. The molecule has 0 unspecified atom stereocenters. The van der Waals surface area contributed by atoms with Gasteiger partial charge in [-0.05, 0) is 30.2 Å². The Hall–Kier alpha value is -0.960. The average molecular weight is 240 g/mol. The SMILES string of the molecule is CC1CCC(c2ccc(C(O)(F)F)cc2)CC1. The molecule has 0 heterocycles. The molecule has 1 aromatic carbocycles. The highest BCUT2D eigenvalue weighted by Gasteiger charge is 2.27. The second kappa shape index (κ2) is 4.73. The van der Waals surface area contributed by atoms with Gasteiger partial charge in [0.25, 0.3) is 0 Å². The average Bonchev–Trinajstić information content (AvgIpc) is 2.29. The van der Waals surface area contributed by atoms with E-state index in [2.05, 4.69) is 6.92 Å². The Kier molecular flexibility index (Phi) is 3.48. The van der Waals surface area contributed by atoms with Crippen molar-refractivity contribution in [3.05, 3.63) is 35.4 Å². The van der Waals surface area contributed by atoms with Gasteiger partial charge in [0.2, 0.25) is 0 Å². The van der Waals surface area contributed by atoms with Crippen LogP contribution in [0.4, 0.5) is 8.78 Å². The molecule has 2 rings (SSSR count). The summed E-state index contributed by atoms with van der Waals surface area (Å²) in [6.07, 6.45) is 0.969. The predicted molar refractivity (Wildman–Crippen MR) is 62.9 cm³/mol. The molecule has 0 spiro atoms. The van der Waals surface area contributed by atoms with E-state index >= 15 is 0 Å². The van der Waals surface area contributed by atoms with Crippen molar-refractivity contribution in [1.29, 1.82) is 0 Å². The van der Waals surface area contributed by atoms with Crippen LogP contribution in [0, 0.1) is 5.92 Å². The van der Waals surface area contributed by atoms with Gasteiger partial charge in [-0.1, -0.05) is 44.0 Å².